The summed E-state index contributed by atoms with van der Waals surface area (Å²) in [5, 5.41) is 12.7. The second-order valence-corrected chi connectivity index (χ2v) is 4.97. The molecule has 1 rings (SSSR count). The van der Waals surface area contributed by atoms with Crippen molar-refractivity contribution in [2.75, 3.05) is 6.54 Å². The van der Waals surface area contributed by atoms with Crippen molar-refractivity contribution in [1.29, 1.82) is 0 Å². The van der Waals surface area contributed by atoms with Crippen LogP contribution in [0.4, 0.5) is 0 Å². The van der Waals surface area contributed by atoms with Crippen molar-refractivity contribution in [2.24, 2.45) is 0 Å². The number of aliphatic hydroxyl groups excluding tert-OH is 1. The summed E-state index contributed by atoms with van der Waals surface area (Å²) in [5.74, 6) is 0. The second-order valence-electron chi connectivity index (χ2n) is 4.11. The van der Waals surface area contributed by atoms with Crippen LogP contribution in [0.2, 0.25) is 0 Å². The van der Waals surface area contributed by atoms with Crippen LogP contribution < -0.4 is 5.32 Å². The summed E-state index contributed by atoms with van der Waals surface area (Å²) < 4.78 is 1.15. The molecule has 0 aliphatic carbocycles. The average Bonchev–Trinajstić information content (AvgIpc) is 2.28. The maximum Gasteiger partial charge on any atom is 0.0549 e. The van der Waals surface area contributed by atoms with Crippen LogP contribution >= 0.6 is 15.9 Å². The predicted molar refractivity (Wildman–Crippen MR) is 71.5 cm³/mol. The fourth-order valence-corrected chi connectivity index (χ4v) is 1.77. The summed E-state index contributed by atoms with van der Waals surface area (Å²) in [6, 6.07) is 6.36. The molecule has 90 valence electrons. The van der Waals surface area contributed by atoms with Gasteiger partial charge in [-0.2, -0.15) is 0 Å². The lowest BCUT2D eigenvalue weighted by molar-refractivity contribution is 0.159. The molecule has 0 heterocycles. The lowest BCUT2D eigenvalue weighted by atomic mass is 10.1. The highest BCUT2D eigenvalue weighted by atomic mass is 79.9. The minimum atomic E-state index is -0.167. The van der Waals surface area contributed by atoms with Gasteiger partial charge in [-0.15, -0.1) is 0 Å². The molecule has 0 radical (unpaired) electrons. The van der Waals surface area contributed by atoms with Crippen LogP contribution in [0, 0.1) is 6.92 Å². The second kappa shape index (κ2) is 7.05. The van der Waals surface area contributed by atoms with Gasteiger partial charge < -0.3 is 10.4 Å². The molecule has 0 aliphatic rings. The Labute approximate surface area is 106 Å². The highest BCUT2D eigenvalue weighted by Crippen LogP contribution is 2.16. The molecule has 1 aromatic carbocycles. The van der Waals surface area contributed by atoms with Gasteiger partial charge in [0.2, 0.25) is 0 Å². The van der Waals surface area contributed by atoms with E-state index in [0.29, 0.717) is 0 Å². The standard InChI is InChI=1S/C13H20BrNO/c1-3-12(16)6-7-15-9-11-4-5-13(14)10(2)8-11/h4-5,8,12,15-16H,3,6-7,9H2,1-2H3. The van der Waals surface area contributed by atoms with Crippen LogP contribution in [0.1, 0.15) is 30.9 Å². The Morgan fingerprint density at radius 3 is 2.81 bits per heavy atom. The maximum absolute atomic E-state index is 9.39. The van der Waals surface area contributed by atoms with Gasteiger partial charge in [-0.25, -0.2) is 0 Å². The number of benzene rings is 1. The summed E-state index contributed by atoms with van der Waals surface area (Å²) in [6.07, 6.45) is 1.49. The molecule has 2 nitrogen and oxygen atoms in total. The third kappa shape index (κ3) is 4.64. The number of hydrogen-bond donors (Lipinski definition) is 2. The Balaban J connectivity index is 2.29. The van der Waals surface area contributed by atoms with E-state index in [1.807, 2.05) is 6.92 Å². The summed E-state index contributed by atoms with van der Waals surface area (Å²) in [4.78, 5) is 0. The number of aryl methyl sites for hydroxylation is 1. The third-order valence-corrected chi connectivity index (χ3v) is 3.57. The monoisotopic (exact) mass is 285 g/mol. The minimum Gasteiger partial charge on any atom is -0.393 e. The van der Waals surface area contributed by atoms with Crippen molar-refractivity contribution in [3.8, 4) is 0 Å². The van der Waals surface area contributed by atoms with E-state index in [1.54, 1.807) is 0 Å². The smallest absolute Gasteiger partial charge is 0.0549 e. The first kappa shape index (κ1) is 13.7. The first-order valence-electron chi connectivity index (χ1n) is 5.77. The largest absolute Gasteiger partial charge is 0.393 e. The summed E-state index contributed by atoms with van der Waals surface area (Å²) >= 11 is 3.49. The molecule has 2 N–H and O–H groups in total. The van der Waals surface area contributed by atoms with E-state index in [9.17, 15) is 5.11 Å². The van der Waals surface area contributed by atoms with E-state index >= 15 is 0 Å². The van der Waals surface area contributed by atoms with Crippen molar-refractivity contribution in [3.63, 3.8) is 0 Å². The molecular weight excluding hydrogens is 266 g/mol. The van der Waals surface area contributed by atoms with Gasteiger partial charge in [0.25, 0.3) is 0 Å². The lowest BCUT2D eigenvalue weighted by Gasteiger charge is -2.09. The molecule has 0 bridgehead atoms. The zero-order valence-electron chi connectivity index (χ0n) is 9.96. The lowest BCUT2D eigenvalue weighted by Crippen LogP contribution is -2.19. The van der Waals surface area contributed by atoms with Gasteiger partial charge in [-0.3, -0.25) is 0 Å². The Morgan fingerprint density at radius 1 is 1.44 bits per heavy atom. The van der Waals surface area contributed by atoms with E-state index in [-0.39, 0.29) is 6.10 Å². The molecule has 1 aromatic rings. The number of hydrogen-bond acceptors (Lipinski definition) is 2. The van der Waals surface area contributed by atoms with Crippen LogP contribution in [-0.2, 0) is 6.54 Å². The molecule has 16 heavy (non-hydrogen) atoms. The molecular formula is C13H20BrNO. The molecule has 0 spiro atoms. The third-order valence-electron chi connectivity index (χ3n) is 2.68. The number of nitrogens with one attached hydrogen (secondary N) is 1. The van der Waals surface area contributed by atoms with Gasteiger partial charge in [0.15, 0.2) is 0 Å². The van der Waals surface area contributed by atoms with E-state index in [4.69, 9.17) is 0 Å². The van der Waals surface area contributed by atoms with Gasteiger partial charge in [0.05, 0.1) is 6.10 Å². The van der Waals surface area contributed by atoms with E-state index in [0.717, 1.165) is 30.4 Å². The number of halogens is 1. The predicted octanol–water partition coefficient (Wildman–Crippen LogP) is 3.01. The van der Waals surface area contributed by atoms with Gasteiger partial charge in [-0.1, -0.05) is 35.0 Å². The van der Waals surface area contributed by atoms with Crippen molar-refractivity contribution < 1.29 is 5.11 Å². The van der Waals surface area contributed by atoms with Crippen LogP contribution in [0.15, 0.2) is 22.7 Å². The Hall–Kier alpha value is -0.380. The number of aliphatic hydroxyl groups is 1. The summed E-state index contributed by atoms with van der Waals surface area (Å²) in [7, 11) is 0. The van der Waals surface area contributed by atoms with Crippen LogP contribution in [0.5, 0.6) is 0 Å². The summed E-state index contributed by atoms with van der Waals surface area (Å²) in [5.41, 5.74) is 2.54. The molecule has 0 aliphatic heterocycles. The van der Waals surface area contributed by atoms with Crippen molar-refractivity contribution in [1.82, 2.24) is 5.32 Å². The zero-order chi connectivity index (χ0) is 12.0. The SMILES string of the molecule is CCC(O)CCNCc1ccc(Br)c(C)c1. The quantitative estimate of drug-likeness (QED) is 0.788. The molecule has 0 saturated carbocycles. The topological polar surface area (TPSA) is 32.3 Å². The zero-order valence-corrected chi connectivity index (χ0v) is 11.5. The Kier molecular flexibility index (Phi) is 6.03. The Bertz CT molecular complexity index is 328. The molecule has 3 heteroatoms. The molecule has 1 unspecified atom stereocenters. The van der Waals surface area contributed by atoms with E-state index in [2.05, 4.69) is 46.4 Å². The van der Waals surface area contributed by atoms with Gasteiger partial charge >= 0.3 is 0 Å². The first-order valence-corrected chi connectivity index (χ1v) is 6.56. The molecule has 1 atom stereocenters. The average molecular weight is 286 g/mol. The fraction of sp³-hybridized carbons (Fsp3) is 0.538. The van der Waals surface area contributed by atoms with E-state index < -0.39 is 0 Å². The summed E-state index contributed by atoms with van der Waals surface area (Å²) in [6.45, 7) is 5.83. The van der Waals surface area contributed by atoms with Gasteiger partial charge in [0, 0.05) is 11.0 Å². The number of rotatable bonds is 6. The van der Waals surface area contributed by atoms with Crippen LogP contribution in [0.3, 0.4) is 0 Å². The molecule has 0 aromatic heterocycles. The maximum atomic E-state index is 9.39. The van der Waals surface area contributed by atoms with Crippen molar-refractivity contribution in [2.45, 2.75) is 39.3 Å². The highest BCUT2D eigenvalue weighted by Gasteiger charge is 2.00. The normalized spacial score (nSPS) is 12.8. The van der Waals surface area contributed by atoms with E-state index in [1.165, 1.54) is 11.1 Å². The van der Waals surface area contributed by atoms with Crippen molar-refractivity contribution in [3.05, 3.63) is 33.8 Å². The molecule has 0 fully saturated rings. The highest BCUT2D eigenvalue weighted by molar-refractivity contribution is 9.10. The van der Waals surface area contributed by atoms with Gasteiger partial charge in [-0.05, 0) is 43.5 Å². The molecule has 0 saturated heterocycles. The first-order chi connectivity index (χ1) is 7.63. The Morgan fingerprint density at radius 2 is 2.19 bits per heavy atom. The minimum absolute atomic E-state index is 0.167. The molecule has 0 amide bonds. The fourth-order valence-electron chi connectivity index (χ4n) is 1.52. The van der Waals surface area contributed by atoms with Crippen LogP contribution in [0.25, 0.3) is 0 Å². The van der Waals surface area contributed by atoms with Crippen molar-refractivity contribution >= 4 is 15.9 Å². The van der Waals surface area contributed by atoms with Crippen LogP contribution in [-0.4, -0.2) is 17.8 Å². The van der Waals surface area contributed by atoms with Gasteiger partial charge in [0.1, 0.15) is 0 Å².